The van der Waals surface area contributed by atoms with Gasteiger partial charge in [-0.1, -0.05) is 6.07 Å². The van der Waals surface area contributed by atoms with Crippen molar-refractivity contribution >= 4 is 17.4 Å². The van der Waals surface area contributed by atoms with Crippen LogP contribution in [0.5, 0.6) is 5.75 Å². The number of nitrogens with one attached hydrogen (secondary N) is 1. The minimum absolute atomic E-state index is 0.0710. The largest absolute Gasteiger partial charge is 0.489 e. The third-order valence-electron chi connectivity index (χ3n) is 5.45. The number of hydrogen-bond acceptors (Lipinski definition) is 6. The molecule has 1 aliphatic rings. The molecule has 2 aromatic heterocycles. The zero-order chi connectivity index (χ0) is 21.1. The summed E-state index contributed by atoms with van der Waals surface area (Å²) in [6.45, 7) is 7.20. The van der Waals surface area contributed by atoms with Crippen molar-refractivity contribution in [3.8, 4) is 5.75 Å². The highest BCUT2D eigenvalue weighted by Crippen LogP contribution is 2.27. The molecule has 4 rings (SSSR count). The molecule has 8 heteroatoms. The second kappa shape index (κ2) is 8.79. The number of fused-ring (bicyclic) bond motifs is 1. The maximum atomic E-state index is 12.7. The maximum absolute atomic E-state index is 12.7. The van der Waals surface area contributed by atoms with Gasteiger partial charge in [-0.3, -0.25) is 4.79 Å². The Morgan fingerprint density at radius 3 is 3.00 bits per heavy atom. The van der Waals surface area contributed by atoms with Gasteiger partial charge in [-0.25, -0.2) is 9.50 Å². The summed E-state index contributed by atoms with van der Waals surface area (Å²) in [7, 11) is 0. The van der Waals surface area contributed by atoms with E-state index in [1.807, 2.05) is 39.0 Å². The SMILES string of the molecule is Cc1ccc(NC(=O)CCc2c(C)nc3ncnn3c2C)c(OCC2CCCO2)c1. The Morgan fingerprint density at radius 2 is 2.20 bits per heavy atom. The number of carbonyl (C=O) groups excluding carboxylic acids is 1. The van der Waals surface area contributed by atoms with Crippen LogP contribution in [0.2, 0.25) is 0 Å². The van der Waals surface area contributed by atoms with Crippen molar-refractivity contribution in [1.82, 2.24) is 19.6 Å². The van der Waals surface area contributed by atoms with Gasteiger partial charge in [0.25, 0.3) is 5.78 Å². The van der Waals surface area contributed by atoms with E-state index in [2.05, 4.69) is 20.4 Å². The molecule has 1 unspecified atom stereocenters. The third kappa shape index (κ3) is 4.43. The van der Waals surface area contributed by atoms with Crippen LogP contribution in [-0.4, -0.2) is 44.8 Å². The average molecular weight is 409 g/mol. The van der Waals surface area contributed by atoms with Crippen LogP contribution in [0.4, 0.5) is 5.69 Å². The molecular weight excluding hydrogens is 382 g/mol. The van der Waals surface area contributed by atoms with Crippen molar-refractivity contribution in [2.45, 2.75) is 52.6 Å². The predicted octanol–water partition coefficient (Wildman–Crippen LogP) is 3.18. The van der Waals surface area contributed by atoms with Gasteiger partial charge in [0, 0.05) is 24.4 Å². The van der Waals surface area contributed by atoms with Crippen molar-refractivity contribution < 1.29 is 14.3 Å². The molecule has 3 heterocycles. The second-order valence-electron chi connectivity index (χ2n) is 7.73. The summed E-state index contributed by atoms with van der Waals surface area (Å²) < 4.78 is 13.3. The van der Waals surface area contributed by atoms with Crippen molar-refractivity contribution in [1.29, 1.82) is 0 Å². The summed E-state index contributed by atoms with van der Waals surface area (Å²) in [5, 5.41) is 7.20. The Kier molecular flexibility index (Phi) is 5.94. The van der Waals surface area contributed by atoms with Gasteiger partial charge < -0.3 is 14.8 Å². The number of anilines is 1. The summed E-state index contributed by atoms with van der Waals surface area (Å²) in [4.78, 5) is 21.3. The fraction of sp³-hybridized carbons (Fsp3) is 0.455. The monoisotopic (exact) mass is 409 g/mol. The highest BCUT2D eigenvalue weighted by Gasteiger charge is 2.18. The standard InChI is InChI=1S/C22H27N5O3/c1-14-6-8-19(20(11-14)30-12-17-5-4-10-29-17)26-21(28)9-7-18-15(2)25-22-23-13-24-27(22)16(18)3/h6,8,11,13,17H,4-5,7,9-10,12H2,1-3H3,(H,26,28). The van der Waals surface area contributed by atoms with Crippen LogP contribution in [0.25, 0.3) is 5.78 Å². The van der Waals surface area contributed by atoms with Gasteiger partial charge in [0.2, 0.25) is 5.91 Å². The fourth-order valence-corrected chi connectivity index (χ4v) is 3.78. The third-order valence-corrected chi connectivity index (χ3v) is 5.45. The molecule has 0 spiro atoms. The zero-order valence-electron chi connectivity index (χ0n) is 17.6. The topological polar surface area (TPSA) is 90.6 Å². The van der Waals surface area contributed by atoms with Crippen LogP contribution in [-0.2, 0) is 16.0 Å². The molecule has 1 aromatic carbocycles. The van der Waals surface area contributed by atoms with Crippen LogP contribution >= 0.6 is 0 Å². The first-order valence-electron chi connectivity index (χ1n) is 10.3. The molecule has 0 aliphatic carbocycles. The lowest BCUT2D eigenvalue weighted by molar-refractivity contribution is -0.116. The summed E-state index contributed by atoms with van der Waals surface area (Å²) in [5.41, 5.74) is 4.60. The first-order valence-corrected chi connectivity index (χ1v) is 10.3. The summed E-state index contributed by atoms with van der Waals surface area (Å²) in [6, 6.07) is 5.80. The van der Waals surface area contributed by atoms with Gasteiger partial charge in [-0.15, -0.1) is 0 Å². The van der Waals surface area contributed by atoms with E-state index in [1.54, 1.807) is 4.52 Å². The predicted molar refractivity (Wildman–Crippen MR) is 113 cm³/mol. The minimum atomic E-state index is -0.0710. The molecule has 1 amide bonds. The van der Waals surface area contributed by atoms with Crippen molar-refractivity contribution in [3.63, 3.8) is 0 Å². The van der Waals surface area contributed by atoms with E-state index in [0.29, 0.717) is 36.7 Å². The molecule has 3 aromatic rings. The van der Waals surface area contributed by atoms with Crippen LogP contribution in [0, 0.1) is 20.8 Å². The average Bonchev–Trinajstić information content (AvgIpc) is 3.39. The number of carbonyl (C=O) groups is 1. The van der Waals surface area contributed by atoms with Gasteiger partial charge in [0.15, 0.2) is 0 Å². The lowest BCUT2D eigenvalue weighted by Crippen LogP contribution is -2.18. The fourth-order valence-electron chi connectivity index (χ4n) is 3.78. The molecule has 30 heavy (non-hydrogen) atoms. The summed E-state index contributed by atoms with van der Waals surface area (Å²) in [6.07, 6.45) is 4.60. The van der Waals surface area contributed by atoms with E-state index in [0.717, 1.165) is 42.0 Å². The lowest BCUT2D eigenvalue weighted by atomic mass is 10.1. The summed E-state index contributed by atoms with van der Waals surface area (Å²) in [5.74, 6) is 1.18. The van der Waals surface area contributed by atoms with Crippen LogP contribution in [0.15, 0.2) is 24.5 Å². The van der Waals surface area contributed by atoms with Crippen LogP contribution in [0.1, 0.15) is 41.8 Å². The number of rotatable bonds is 7. The van der Waals surface area contributed by atoms with E-state index in [-0.39, 0.29) is 12.0 Å². The Morgan fingerprint density at radius 1 is 1.33 bits per heavy atom. The highest BCUT2D eigenvalue weighted by molar-refractivity contribution is 5.92. The molecule has 0 saturated carbocycles. The maximum Gasteiger partial charge on any atom is 0.252 e. The molecule has 158 valence electrons. The molecule has 1 aliphatic heterocycles. The minimum Gasteiger partial charge on any atom is -0.489 e. The Labute approximate surface area is 175 Å². The Hall–Kier alpha value is -3.00. The zero-order valence-corrected chi connectivity index (χ0v) is 17.6. The molecule has 0 radical (unpaired) electrons. The molecule has 1 fully saturated rings. The number of benzene rings is 1. The summed E-state index contributed by atoms with van der Waals surface area (Å²) >= 11 is 0. The molecule has 1 atom stereocenters. The Balaban J connectivity index is 1.41. The first-order chi connectivity index (χ1) is 14.5. The number of hydrogen-bond donors (Lipinski definition) is 1. The van der Waals surface area contributed by atoms with E-state index in [1.165, 1.54) is 6.33 Å². The number of nitrogens with zero attached hydrogens (tertiary/aromatic N) is 4. The molecular formula is C22H27N5O3. The Bertz CT molecular complexity index is 1060. The van der Waals surface area contributed by atoms with E-state index in [9.17, 15) is 4.79 Å². The first kappa shape index (κ1) is 20.3. The van der Waals surface area contributed by atoms with Crippen molar-refractivity contribution in [2.24, 2.45) is 0 Å². The van der Waals surface area contributed by atoms with Crippen molar-refractivity contribution in [3.05, 3.63) is 47.0 Å². The van der Waals surface area contributed by atoms with Crippen LogP contribution in [0.3, 0.4) is 0 Å². The second-order valence-corrected chi connectivity index (χ2v) is 7.73. The van der Waals surface area contributed by atoms with Crippen molar-refractivity contribution in [2.75, 3.05) is 18.5 Å². The van der Waals surface area contributed by atoms with Gasteiger partial charge in [0.05, 0.1) is 11.8 Å². The van der Waals surface area contributed by atoms with Gasteiger partial charge in [0.1, 0.15) is 18.7 Å². The van der Waals surface area contributed by atoms with E-state index in [4.69, 9.17) is 9.47 Å². The van der Waals surface area contributed by atoms with E-state index >= 15 is 0 Å². The number of ether oxygens (including phenoxy) is 2. The molecule has 0 bridgehead atoms. The van der Waals surface area contributed by atoms with Gasteiger partial charge in [-0.05, 0) is 63.3 Å². The number of aryl methyl sites for hydroxylation is 3. The molecule has 8 nitrogen and oxygen atoms in total. The smallest absolute Gasteiger partial charge is 0.252 e. The highest BCUT2D eigenvalue weighted by atomic mass is 16.5. The molecule has 1 saturated heterocycles. The normalized spacial score (nSPS) is 16.2. The van der Waals surface area contributed by atoms with Gasteiger partial charge in [-0.2, -0.15) is 10.1 Å². The quantitative estimate of drug-likeness (QED) is 0.645. The number of amides is 1. The van der Waals surface area contributed by atoms with E-state index < -0.39 is 0 Å². The molecule has 1 N–H and O–H groups in total. The number of aromatic nitrogens is 4. The van der Waals surface area contributed by atoms with Gasteiger partial charge >= 0.3 is 0 Å². The van der Waals surface area contributed by atoms with Crippen LogP contribution < -0.4 is 10.1 Å². The lowest BCUT2D eigenvalue weighted by Gasteiger charge is -2.16.